The molecule has 2 fully saturated rings. The van der Waals surface area contributed by atoms with Crippen molar-refractivity contribution in [2.24, 2.45) is 0 Å². The molecule has 6 unspecified atom stereocenters. The van der Waals surface area contributed by atoms with E-state index in [0.29, 0.717) is 0 Å². The topological polar surface area (TPSA) is 399 Å². The van der Waals surface area contributed by atoms with Crippen LogP contribution in [0.3, 0.4) is 0 Å². The van der Waals surface area contributed by atoms with Gasteiger partial charge in [-0.25, -0.2) is 38.0 Å². The number of hydrogen-bond acceptors (Lipinski definition) is 20. The largest absolute Gasteiger partial charge is 0.490 e. The van der Waals surface area contributed by atoms with Gasteiger partial charge in [-0.1, -0.05) is 0 Å². The predicted octanol–water partition coefficient (Wildman–Crippen LogP) is -1.98. The Bertz CT molecular complexity index is 2090. The van der Waals surface area contributed by atoms with Crippen LogP contribution in [0.2, 0.25) is 0 Å². The number of aliphatic hydroxyl groups is 3. The number of aliphatic hydroxyl groups excluding tert-OH is 3. The molecule has 10 N–H and O–H groups in total. The first-order valence-electron chi connectivity index (χ1n) is 13.9. The maximum absolute atomic E-state index is 12.4. The van der Waals surface area contributed by atoms with Crippen molar-refractivity contribution in [1.82, 2.24) is 29.1 Å². The van der Waals surface area contributed by atoms with Gasteiger partial charge in [0.05, 0.1) is 25.6 Å². The maximum atomic E-state index is 12.4. The van der Waals surface area contributed by atoms with Crippen LogP contribution in [0.25, 0.3) is 11.2 Å². The number of nitrogens with one attached hydrogen (secondary N) is 1. The third kappa shape index (κ3) is 9.31. The first-order valence-corrected chi connectivity index (χ1v) is 19.9. The van der Waals surface area contributed by atoms with Gasteiger partial charge in [0.15, 0.2) is 17.7 Å². The van der Waals surface area contributed by atoms with Crippen molar-refractivity contribution in [2.75, 3.05) is 18.9 Å². The Hall–Kier alpha value is -2.61. The molecule has 284 valence electrons. The smallest absolute Gasteiger partial charge is 0.390 e. The van der Waals surface area contributed by atoms with Crippen molar-refractivity contribution in [3.8, 4) is 0 Å². The summed E-state index contributed by atoms with van der Waals surface area (Å²) in [7, 11) is -23.8. The Morgan fingerprint density at radius 3 is 2.08 bits per heavy atom. The Kier molecular flexibility index (Phi) is 11.4. The van der Waals surface area contributed by atoms with Crippen LogP contribution in [0.4, 0.5) is 5.82 Å². The molecule has 0 aromatic carbocycles. The number of aryl methyl sites for hydroxylation is 1. The van der Waals surface area contributed by atoms with Gasteiger partial charge in [-0.3, -0.25) is 28.0 Å². The molecule has 0 spiro atoms. The average molecular weight is 811 g/mol. The number of phosphoric ester groups is 2. The van der Waals surface area contributed by atoms with Crippen LogP contribution in [0.1, 0.15) is 24.4 Å². The Labute approximate surface area is 282 Å². The van der Waals surface area contributed by atoms with Gasteiger partial charge in [0, 0.05) is 18.2 Å². The molecule has 0 amide bonds. The zero-order valence-electron chi connectivity index (χ0n) is 25.4. The Morgan fingerprint density at radius 1 is 0.863 bits per heavy atom. The maximum Gasteiger partial charge on any atom is 0.490 e. The van der Waals surface area contributed by atoms with Crippen LogP contribution < -0.4 is 17.0 Å². The number of fused-ring (bicyclic) bond motifs is 1. The van der Waals surface area contributed by atoms with E-state index in [0.717, 1.165) is 28.0 Å². The summed E-state index contributed by atoms with van der Waals surface area (Å²) in [5.74, 6) is -0.0142. The lowest BCUT2D eigenvalue weighted by molar-refractivity contribution is -0.0503. The molecule has 0 aliphatic carbocycles. The molecular formula is C20H29N7O20P4. The van der Waals surface area contributed by atoms with E-state index in [1.807, 2.05) is 4.98 Å². The molecule has 5 rings (SSSR count). The number of nitrogens with two attached hydrogens (primary N) is 1. The summed E-state index contributed by atoms with van der Waals surface area (Å²) in [6.45, 7) is -0.750. The summed E-state index contributed by atoms with van der Waals surface area (Å²) in [4.78, 5) is 76.8. The highest BCUT2D eigenvalue weighted by atomic mass is 31.3. The van der Waals surface area contributed by atoms with Crippen molar-refractivity contribution < 1.29 is 84.6 Å². The lowest BCUT2D eigenvalue weighted by Crippen LogP contribution is -2.33. The fourth-order valence-electron chi connectivity index (χ4n) is 4.79. The summed E-state index contributed by atoms with van der Waals surface area (Å²) in [6, 6.07) is 0. The predicted molar refractivity (Wildman–Crippen MR) is 161 cm³/mol. The zero-order valence-corrected chi connectivity index (χ0v) is 29.0. The van der Waals surface area contributed by atoms with Gasteiger partial charge in [-0.2, -0.15) is 12.9 Å². The fourth-order valence-corrected chi connectivity index (χ4v) is 9.74. The van der Waals surface area contributed by atoms with Crippen LogP contribution in [0, 0.1) is 6.92 Å². The van der Waals surface area contributed by atoms with Crippen molar-refractivity contribution in [2.45, 2.75) is 56.3 Å². The van der Waals surface area contributed by atoms with Crippen molar-refractivity contribution in [1.29, 1.82) is 0 Å². The molecule has 51 heavy (non-hydrogen) atoms. The highest BCUT2D eigenvalue weighted by Gasteiger charge is 2.49. The SMILES string of the molecule is Cc1cn([C@H]2CC(O)[C@@H](COP(=O)(O)OP(=O)(O)OP(=O)(O)OP(=O)(O)OC[C@H]3O[C@@H](n4cnc5c(N)ncnc54)[C@@H](O)C3O)O2)c(=O)[nH]c1=O. The number of nitrogens with zero attached hydrogens (tertiary/aromatic N) is 5. The third-order valence-corrected chi connectivity index (χ3v) is 13.0. The molecule has 3 aromatic rings. The number of phosphoric acid groups is 4. The third-order valence-electron chi connectivity index (χ3n) is 7.08. The van der Waals surface area contributed by atoms with Gasteiger partial charge in [-0.15, -0.1) is 0 Å². The highest BCUT2D eigenvalue weighted by Crippen LogP contribution is 2.71. The number of hydrogen-bond donors (Lipinski definition) is 9. The minimum Gasteiger partial charge on any atom is -0.390 e. The van der Waals surface area contributed by atoms with Gasteiger partial charge in [0.25, 0.3) is 5.56 Å². The number of ether oxygens (including phenoxy) is 2. The number of aromatic amines is 1. The summed E-state index contributed by atoms with van der Waals surface area (Å²) >= 11 is 0. The van der Waals surface area contributed by atoms with Crippen LogP contribution in [0.15, 0.2) is 28.4 Å². The number of imidazole rings is 1. The van der Waals surface area contributed by atoms with Crippen LogP contribution in [0.5, 0.6) is 0 Å². The standard InChI is InChI=1S/C20H29N7O20P4/c1-8-3-26(20(32)25-18(8)31)12-2-9(28)10(43-12)4-41-48(33,34)45-50(37,38)47-51(39,40)46-49(35,36)42-5-11-14(29)15(30)19(44-11)27-7-24-13-16(21)22-6-23-17(13)27/h3,6-7,9-12,14-15,19,28-30H,2,4-5H2,1H3,(H,33,34)(H,35,36)(H,37,38)(H,39,40)(H2,21,22,23)(H,25,31,32)/t9?,10-,11-,12-,14?,15+,19-/m1/s1. The van der Waals surface area contributed by atoms with E-state index in [2.05, 4.69) is 36.9 Å². The van der Waals surface area contributed by atoms with E-state index in [1.165, 1.54) is 6.92 Å². The summed E-state index contributed by atoms with van der Waals surface area (Å²) < 4.78 is 82.8. The lowest BCUT2D eigenvalue weighted by atomic mass is 10.1. The number of aromatic nitrogens is 6. The van der Waals surface area contributed by atoms with E-state index in [4.69, 9.17) is 15.2 Å². The second kappa shape index (κ2) is 14.7. The summed E-state index contributed by atoms with van der Waals surface area (Å²) in [6.07, 6.45) is -7.49. The molecule has 2 aliphatic heterocycles. The molecule has 31 heteroatoms. The molecule has 3 aromatic heterocycles. The molecule has 0 radical (unpaired) electrons. The quantitative estimate of drug-likeness (QED) is 0.0796. The molecule has 27 nitrogen and oxygen atoms in total. The van der Waals surface area contributed by atoms with Crippen molar-refractivity contribution >= 4 is 48.3 Å². The number of anilines is 1. The van der Waals surface area contributed by atoms with Crippen molar-refractivity contribution in [3.63, 3.8) is 0 Å². The molecule has 2 saturated heterocycles. The molecule has 11 atom stereocenters. The van der Waals surface area contributed by atoms with E-state index < -0.39 is 98.7 Å². The highest BCUT2D eigenvalue weighted by molar-refractivity contribution is 7.69. The van der Waals surface area contributed by atoms with Gasteiger partial charge in [0.1, 0.15) is 42.5 Å². The summed E-state index contributed by atoms with van der Waals surface area (Å²) in [5.41, 5.74) is 4.47. The molecule has 5 heterocycles. The first kappa shape index (κ1) is 39.6. The number of H-pyrrole nitrogens is 1. The second-order valence-electron chi connectivity index (χ2n) is 10.8. The first-order chi connectivity index (χ1) is 23.6. The molecule has 0 saturated carbocycles. The van der Waals surface area contributed by atoms with E-state index in [9.17, 15) is 62.7 Å². The van der Waals surface area contributed by atoms with E-state index in [1.54, 1.807) is 0 Å². The minimum atomic E-state index is -6.18. The Balaban J connectivity index is 1.13. The van der Waals surface area contributed by atoms with Crippen LogP contribution in [-0.2, 0) is 49.7 Å². The second-order valence-corrected chi connectivity index (χ2v) is 17.0. The van der Waals surface area contributed by atoms with Gasteiger partial charge in [0.2, 0.25) is 0 Å². The molecule has 2 aliphatic rings. The average Bonchev–Trinajstić information content (AvgIpc) is 3.67. The number of nitrogen functional groups attached to an aromatic ring is 1. The normalized spacial score (nSPS) is 30.1. The van der Waals surface area contributed by atoms with Crippen LogP contribution in [-0.4, -0.2) is 108 Å². The van der Waals surface area contributed by atoms with Gasteiger partial charge in [-0.05, 0) is 6.92 Å². The fraction of sp³-hybridized carbons (Fsp3) is 0.550. The van der Waals surface area contributed by atoms with Gasteiger partial charge < -0.3 is 50.1 Å². The zero-order chi connectivity index (χ0) is 37.7. The van der Waals surface area contributed by atoms with E-state index >= 15 is 0 Å². The Morgan fingerprint density at radius 2 is 1.45 bits per heavy atom. The molecular weight excluding hydrogens is 782 g/mol. The van der Waals surface area contributed by atoms with Crippen LogP contribution >= 0.6 is 31.3 Å². The van der Waals surface area contributed by atoms with Crippen molar-refractivity contribution in [3.05, 3.63) is 45.3 Å². The number of rotatable bonds is 14. The molecule has 0 bridgehead atoms. The minimum absolute atomic E-state index is 0.0142. The monoisotopic (exact) mass is 811 g/mol. The van der Waals surface area contributed by atoms with Gasteiger partial charge >= 0.3 is 37.0 Å². The summed E-state index contributed by atoms with van der Waals surface area (Å²) in [5, 5.41) is 31.1. The van der Waals surface area contributed by atoms with E-state index in [-0.39, 0.29) is 29.0 Å². The lowest BCUT2D eigenvalue weighted by Gasteiger charge is -2.21.